The van der Waals surface area contributed by atoms with Gasteiger partial charge in [-0.3, -0.25) is 10.1 Å². The molecule has 4 nitrogen and oxygen atoms in total. The van der Waals surface area contributed by atoms with E-state index in [2.05, 4.69) is 15.0 Å². The van der Waals surface area contributed by atoms with Crippen molar-refractivity contribution in [1.29, 1.82) is 0 Å². The van der Waals surface area contributed by atoms with Crippen LogP contribution in [0.4, 0.5) is 17.6 Å². The summed E-state index contributed by atoms with van der Waals surface area (Å²) >= 11 is 1.32. The van der Waals surface area contributed by atoms with Crippen LogP contribution < -0.4 is 5.32 Å². The molecule has 146 valence electrons. The number of methoxy groups -OCH3 is 1. The van der Waals surface area contributed by atoms with Crippen LogP contribution >= 0.6 is 11.8 Å². The van der Waals surface area contributed by atoms with E-state index in [0.717, 1.165) is 31.4 Å². The highest BCUT2D eigenvalue weighted by Gasteiger charge is 2.43. The number of aromatic nitrogens is 1. The fourth-order valence-corrected chi connectivity index (χ4v) is 3.23. The summed E-state index contributed by atoms with van der Waals surface area (Å²) in [7, 11) is 1.11. The summed E-state index contributed by atoms with van der Waals surface area (Å²) in [6.07, 6.45) is -2.97. The molecule has 1 unspecified atom stereocenters. The molecule has 1 aromatic heterocycles. The third kappa shape index (κ3) is 6.51. The maximum absolute atomic E-state index is 13.5. The van der Waals surface area contributed by atoms with Gasteiger partial charge in [0.05, 0.1) is 12.1 Å². The van der Waals surface area contributed by atoms with E-state index in [1.165, 1.54) is 11.8 Å². The van der Waals surface area contributed by atoms with Crippen LogP contribution in [0.15, 0.2) is 53.7 Å². The number of rotatable bonds is 8. The van der Waals surface area contributed by atoms with Gasteiger partial charge in [0.25, 0.3) is 0 Å². The van der Waals surface area contributed by atoms with Crippen molar-refractivity contribution in [2.24, 2.45) is 0 Å². The quantitative estimate of drug-likeness (QED) is 0.409. The standard InChI is InChI=1S/C18H18F4N2O2S/c1-26-17(25)14(9-11-27-15-4-2-3-10-23-15)24-16(18(20,21)22)12-5-7-13(19)8-6-12/h2-8,10,14,16,24H,9,11H2,1H3/t14-,16?/m0/s1. The first kappa shape index (κ1) is 21.2. The molecule has 1 aromatic carbocycles. The number of nitrogens with zero attached hydrogens (tertiary/aromatic N) is 1. The summed E-state index contributed by atoms with van der Waals surface area (Å²) in [6.45, 7) is 0. The lowest BCUT2D eigenvalue weighted by Gasteiger charge is -2.26. The van der Waals surface area contributed by atoms with Gasteiger partial charge in [0.2, 0.25) is 0 Å². The monoisotopic (exact) mass is 402 g/mol. The van der Waals surface area contributed by atoms with Gasteiger partial charge in [-0.15, -0.1) is 11.8 Å². The van der Waals surface area contributed by atoms with Crippen molar-refractivity contribution >= 4 is 17.7 Å². The fraction of sp³-hybridized carbons (Fsp3) is 0.333. The predicted octanol–water partition coefficient (Wildman–Crippen LogP) is 4.14. The van der Waals surface area contributed by atoms with E-state index in [-0.39, 0.29) is 12.0 Å². The minimum Gasteiger partial charge on any atom is -0.468 e. The van der Waals surface area contributed by atoms with Crippen LogP contribution in [0.5, 0.6) is 0 Å². The molecular weight excluding hydrogens is 384 g/mol. The maximum atomic E-state index is 13.5. The van der Waals surface area contributed by atoms with Crippen LogP contribution in [-0.2, 0) is 9.53 Å². The molecule has 27 heavy (non-hydrogen) atoms. The van der Waals surface area contributed by atoms with E-state index in [1.54, 1.807) is 24.4 Å². The number of benzene rings is 1. The van der Waals surface area contributed by atoms with Crippen LogP contribution in [0, 0.1) is 5.82 Å². The average Bonchev–Trinajstić information content (AvgIpc) is 2.64. The lowest BCUT2D eigenvalue weighted by molar-refractivity contribution is -0.164. The summed E-state index contributed by atoms with van der Waals surface area (Å²) in [4.78, 5) is 16.1. The molecule has 0 bridgehead atoms. The molecule has 0 aliphatic heterocycles. The molecular formula is C18H18F4N2O2S. The normalized spacial score (nSPS) is 13.8. The van der Waals surface area contributed by atoms with E-state index in [0.29, 0.717) is 10.8 Å². The first-order chi connectivity index (χ1) is 12.8. The molecule has 1 heterocycles. The predicted molar refractivity (Wildman–Crippen MR) is 93.7 cm³/mol. The van der Waals surface area contributed by atoms with Crippen LogP contribution in [0.25, 0.3) is 0 Å². The Bertz CT molecular complexity index is 726. The highest BCUT2D eigenvalue weighted by molar-refractivity contribution is 7.99. The number of pyridine rings is 1. The molecule has 0 saturated heterocycles. The molecule has 0 fully saturated rings. The molecule has 9 heteroatoms. The first-order valence-corrected chi connectivity index (χ1v) is 8.99. The Balaban J connectivity index is 2.11. The van der Waals surface area contributed by atoms with Gasteiger partial charge in [-0.2, -0.15) is 13.2 Å². The van der Waals surface area contributed by atoms with Crippen molar-refractivity contribution in [3.63, 3.8) is 0 Å². The molecule has 0 aliphatic carbocycles. The Morgan fingerprint density at radius 1 is 1.22 bits per heavy atom. The van der Waals surface area contributed by atoms with E-state index in [1.807, 2.05) is 0 Å². The number of esters is 1. The van der Waals surface area contributed by atoms with Crippen molar-refractivity contribution in [2.75, 3.05) is 12.9 Å². The molecule has 0 amide bonds. The van der Waals surface area contributed by atoms with E-state index in [9.17, 15) is 22.4 Å². The van der Waals surface area contributed by atoms with Gasteiger partial charge in [0, 0.05) is 11.9 Å². The second-order valence-electron chi connectivity index (χ2n) is 5.57. The Hall–Kier alpha value is -2.13. The van der Waals surface area contributed by atoms with Gasteiger partial charge in [-0.05, 0) is 36.2 Å². The van der Waals surface area contributed by atoms with Crippen molar-refractivity contribution in [3.05, 3.63) is 60.0 Å². The van der Waals surface area contributed by atoms with Gasteiger partial charge in [0.1, 0.15) is 17.9 Å². The van der Waals surface area contributed by atoms with Crippen LogP contribution in [0.1, 0.15) is 18.0 Å². The van der Waals surface area contributed by atoms with E-state index in [4.69, 9.17) is 0 Å². The van der Waals surface area contributed by atoms with Gasteiger partial charge < -0.3 is 4.74 Å². The first-order valence-electron chi connectivity index (χ1n) is 8.01. The summed E-state index contributed by atoms with van der Waals surface area (Å²) in [6, 6.07) is 5.97. The molecule has 0 spiro atoms. The molecule has 0 saturated carbocycles. The Kier molecular flexibility index (Phi) is 7.61. The third-order valence-corrected chi connectivity index (χ3v) is 4.66. The van der Waals surface area contributed by atoms with Gasteiger partial charge in [-0.1, -0.05) is 18.2 Å². The summed E-state index contributed by atoms with van der Waals surface area (Å²) in [5, 5.41) is 3.01. The number of thioether (sulfide) groups is 1. The average molecular weight is 402 g/mol. The zero-order valence-corrected chi connectivity index (χ0v) is 15.2. The largest absolute Gasteiger partial charge is 0.468 e. The smallest absolute Gasteiger partial charge is 0.407 e. The number of nitrogens with one attached hydrogen (secondary N) is 1. The van der Waals surface area contributed by atoms with Crippen molar-refractivity contribution in [1.82, 2.24) is 10.3 Å². The minimum atomic E-state index is -4.67. The number of carbonyl (C=O) groups excluding carboxylic acids is 1. The number of ether oxygens (including phenoxy) is 1. The summed E-state index contributed by atoms with van der Waals surface area (Å²) < 4.78 is 58.2. The Morgan fingerprint density at radius 3 is 2.48 bits per heavy atom. The molecule has 2 aromatic rings. The lowest BCUT2D eigenvalue weighted by Crippen LogP contribution is -2.45. The number of carbonyl (C=O) groups is 1. The fourth-order valence-electron chi connectivity index (χ4n) is 2.36. The van der Waals surface area contributed by atoms with E-state index >= 15 is 0 Å². The van der Waals surface area contributed by atoms with Gasteiger partial charge >= 0.3 is 12.1 Å². The third-order valence-electron chi connectivity index (χ3n) is 3.68. The van der Waals surface area contributed by atoms with Gasteiger partial charge in [-0.25, -0.2) is 9.37 Å². The lowest BCUT2D eigenvalue weighted by atomic mass is 10.0. The van der Waals surface area contributed by atoms with Crippen LogP contribution in [-0.4, -0.2) is 36.0 Å². The van der Waals surface area contributed by atoms with Crippen molar-refractivity contribution < 1.29 is 27.1 Å². The summed E-state index contributed by atoms with van der Waals surface area (Å²) in [5.74, 6) is -1.08. The van der Waals surface area contributed by atoms with E-state index < -0.39 is 30.0 Å². The van der Waals surface area contributed by atoms with Crippen molar-refractivity contribution in [3.8, 4) is 0 Å². The minimum absolute atomic E-state index is 0.0989. The second-order valence-corrected chi connectivity index (χ2v) is 6.69. The number of hydrogen-bond acceptors (Lipinski definition) is 5. The Morgan fingerprint density at radius 2 is 1.93 bits per heavy atom. The number of hydrogen-bond donors (Lipinski definition) is 1. The van der Waals surface area contributed by atoms with Crippen LogP contribution in [0.3, 0.4) is 0 Å². The van der Waals surface area contributed by atoms with Gasteiger partial charge in [0.15, 0.2) is 0 Å². The number of halogens is 4. The van der Waals surface area contributed by atoms with Crippen LogP contribution in [0.2, 0.25) is 0 Å². The molecule has 0 radical (unpaired) electrons. The van der Waals surface area contributed by atoms with Crippen molar-refractivity contribution in [2.45, 2.75) is 29.7 Å². The maximum Gasteiger partial charge on any atom is 0.407 e. The number of alkyl halides is 3. The molecule has 2 rings (SSSR count). The highest BCUT2D eigenvalue weighted by atomic mass is 32.2. The highest BCUT2D eigenvalue weighted by Crippen LogP contribution is 2.33. The topological polar surface area (TPSA) is 51.2 Å². The Labute approximate surface area is 158 Å². The zero-order chi connectivity index (χ0) is 19.9. The summed E-state index contributed by atoms with van der Waals surface area (Å²) in [5.41, 5.74) is -0.185. The molecule has 0 aliphatic rings. The second kappa shape index (κ2) is 9.70. The zero-order valence-electron chi connectivity index (χ0n) is 14.4. The molecule has 1 N–H and O–H groups in total. The SMILES string of the molecule is COC(=O)[C@H](CCSc1ccccn1)NC(c1ccc(F)cc1)C(F)(F)F. The molecule has 2 atom stereocenters.